The maximum absolute atomic E-state index is 13.7. The molecular weight excluding hydrogens is 398 g/mol. The third kappa shape index (κ3) is 2.51. The normalized spacial score (nSPS) is 29.1. The van der Waals surface area contributed by atoms with E-state index in [1.807, 2.05) is 18.2 Å². The first-order valence-corrected chi connectivity index (χ1v) is 10.2. The predicted octanol–water partition coefficient (Wildman–Crippen LogP) is -0.860. The number of imide groups is 1. The Morgan fingerprint density at radius 3 is 2.42 bits per heavy atom. The van der Waals surface area contributed by atoms with Gasteiger partial charge in [-0.3, -0.25) is 14.4 Å². The van der Waals surface area contributed by atoms with Crippen molar-refractivity contribution in [3.63, 3.8) is 0 Å². The van der Waals surface area contributed by atoms with Crippen LogP contribution in [0.5, 0.6) is 0 Å². The number of carboxylic acids is 1. The van der Waals surface area contributed by atoms with E-state index < -0.39 is 41.2 Å². The zero-order chi connectivity index (χ0) is 21.9. The van der Waals surface area contributed by atoms with Gasteiger partial charge in [-0.1, -0.05) is 36.4 Å². The van der Waals surface area contributed by atoms with Gasteiger partial charge in [-0.05, 0) is 24.6 Å². The zero-order valence-electron chi connectivity index (χ0n) is 16.9. The van der Waals surface area contributed by atoms with Crippen molar-refractivity contribution in [1.29, 1.82) is 0 Å². The van der Waals surface area contributed by atoms with Crippen LogP contribution in [0.3, 0.4) is 0 Å². The van der Waals surface area contributed by atoms with Gasteiger partial charge in [0, 0.05) is 25.0 Å². The van der Waals surface area contributed by atoms with Gasteiger partial charge in [0.1, 0.15) is 17.9 Å². The fourth-order valence-electron chi connectivity index (χ4n) is 5.60. The van der Waals surface area contributed by atoms with Gasteiger partial charge in [0.2, 0.25) is 17.4 Å². The van der Waals surface area contributed by atoms with Crippen LogP contribution in [0.4, 0.5) is 11.4 Å². The monoisotopic (exact) mass is 419 g/mol. The Labute approximate surface area is 178 Å². The van der Waals surface area contributed by atoms with Crippen LogP contribution in [-0.2, 0) is 24.7 Å². The second-order valence-corrected chi connectivity index (χ2v) is 8.34. The number of fused-ring (bicyclic) bond motifs is 4. The molecule has 0 radical (unpaired) electrons. The number of quaternary nitrogens is 1. The molecule has 5 rings (SSSR count). The summed E-state index contributed by atoms with van der Waals surface area (Å²) >= 11 is 0. The number of rotatable bonds is 4. The Morgan fingerprint density at radius 1 is 1.03 bits per heavy atom. The Bertz CT molecular complexity index is 1120. The van der Waals surface area contributed by atoms with Crippen LogP contribution in [0.15, 0.2) is 54.6 Å². The molecule has 0 aromatic heterocycles. The number of likely N-dealkylation sites (N-methyl/N-ethyl adjacent to an activating group) is 1. The van der Waals surface area contributed by atoms with Gasteiger partial charge < -0.3 is 20.1 Å². The molecule has 0 unspecified atom stereocenters. The summed E-state index contributed by atoms with van der Waals surface area (Å²) in [5.41, 5.74) is 0.543. The summed E-state index contributed by atoms with van der Waals surface area (Å²) in [6, 6.07) is 15.4. The summed E-state index contributed by atoms with van der Waals surface area (Å²) in [4.78, 5) is 54.6. The Kier molecular flexibility index (Phi) is 4.23. The van der Waals surface area contributed by atoms with Crippen molar-refractivity contribution in [2.24, 2.45) is 11.8 Å². The van der Waals surface area contributed by atoms with Crippen LogP contribution in [0.1, 0.15) is 18.4 Å². The lowest BCUT2D eigenvalue weighted by Crippen LogP contribution is -2.99. The van der Waals surface area contributed by atoms with Crippen molar-refractivity contribution in [3.8, 4) is 0 Å². The molecule has 0 aliphatic carbocycles. The molecule has 8 nitrogen and oxygen atoms in total. The number of carbonyl (C=O) groups is 4. The molecule has 2 aromatic carbocycles. The number of benzene rings is 2. The fourth-order valence-corrected chi connectivity index (χ4v) is 5.60. The average molecular weight is 419 g/mol. The molecule has 158 valence electrons. The number of anilines is 2. The van der Waals surface area contributed by atoms with Crippen molar-refractivity contribution in [2.45, 2.75) is 24.4 Å². The van der Waals surface area contributed by atoms with Gasteiger partial charge >= 0.3 is 0 Å². The molecule has 31 heavy (non-hydrogen) atoms. The highest BCUT2D eigenvalue weighted by molar-refractivity contribution is 6.25. The molecule has 2 aromatic rings. The van der Waals surface area contributed by atoms with Crippen LogP contribution in [0, 0.1) is 11.8 Å². The SMILES string of the molecule is CN1C(=O)[C@@]2([NH2+][C@@H](CCC(=O)[O-])[C@H]3C(=O)N(c4ccccc4)C(=O)[C@H]32)c2ccccc21. The number of carboxylic acid groups (broad SMARTS) is 1. The molecule has 1 spiro atoms. The minimum absolute atomic E-state index is 0.131. The van der Waals surface area contributed by atoms with Crippen LogP contribution >= 0.6 is 0 Å². The molecule has 2 saturated heterocycles. The van der Waals surface area contributed by atoms with E-state index in [0.29, 0.717) is 16.9 Å². The Balaban J connectivity index is 1.67. The van der Waals surface area contributed by atoms with E-state index in [2.05, 4.69) is 0 Å². The number of carbonyl (C=O) groups excluding carboxylic acids is 4. The highest BCUT2D eigenvalue weighted by Gasteiger charge is 2.75. The van der Waals surface area contributed by atoms with Crippen LogP contribution in [-0.4, -0.2) is 36.8 Å². The van der Waals surface area contributed by atoms with Gasteiger partial charge in [0.15, 0.2) is 0 Å². The fraction of sp³-hybridized carbons (Fsp3) is 0.304. The van der Waals surface area contributed by atoms with Crippen molar-refractivity contribution < 1.29 is 29.6 Å². The molecule has 3 aliphatic heterocycles. The van der Waals surface area contributed by atoms with E-state index >= 15 is 0 Å². The van der Waals surface area contributed by atoms with E-state index in [1.54, 1.807) is 48.8 Å². The summed E-state index contributed by atoms with van der Waals surface area (Å²) in [6.45, 7) is 0. The Hall–Kier alpha value is -3.52. The molecule has 3 amide bonds. The highest BCUT2D eigenvalue weighted by atomic mass is 16.4. The largest absolute Gasteiger partial charge is 0.550 e. The maximum atomic E-state index is 13.7. The maximum Gasteiger partial charge on any atom is 0.293 e. The number of hydrogen-bond donors (Lipinski definition) is 1. The zero-order valence-corrected chi connectivity index (χ0v) is 16.9. The van der Waals surface area contributed by atoms with Crippen LogP contribution in [0.25, 0.3) is 0 Å². The summed E-state index contributed by atoms with van der Waals surface area (Å²) in [5, 5.41) is 12.9. The van der Waals surface area contributed by atoms with Crippen molar-refractivity contribution >= 4 is 35.1 Å². The van der Waals surface area contributed by atoms with Gasteiger partial charge in [-0.2, -0.15) is 0 Å². The first-order valence-electron chi connectivity index (χ1n) is 10.2. The third-order valence-electron chi connectivity index (χ3n) is 6.85. The molecule has 0 saturated carbocycles. The second-order valence-electron chi connectivity index (χ2n) is 8.34. The summed E-state index contributed by atoms with van der Waals surface area (Å²) in [5.74, 6) is -4.01. The number of nitrogens with two attached hydrogens (primary N) is 1. The van der Waals surface area contributed by atoms with E-state index in [-0.39, 0.29) is 18.7 Å². The topological polar surface area (TPSA) is 114 Å². The van der Waals surface area contributed by atoms with E-state index in [4.69, 9.17) is 0 Å². The molecule has 2 fully saturated rings. The highest BCUT2D eigenvalue weighted by Crippen LogP contribution is 2.51. The summed E-state index contributed by atoms with van der Waals surface area (Å²) < 4.78 is 0. The number of aliphatic carboxylic acids is 1. The van der Waals surface area contributed by atoms with Gasteiger partial charge in [0.05, 0.1) is 11.4 Å². The van der Waals surface area contributed by atoms with Gasteiger partial charge in [0.25, 0.3) is 5.91 Å². The Morgan fingerprint density at radius 2 is 1.71 bits per heavy atom. The van der Waals surface area contributed by atoms with Crippen LogP contribution < -0.4 is 20.2 Å². The second kappa shape index (κ2) is 6.75. The summed E-state index contributed by atoms with van der Waals surface area (Å²) in [6.07, 6.45) is -0.120. The van der Waals surface area contributed by atoms with Crippen molar-refractivity contribution in [1.82, 2.24) is 0 Å². The average Bonchev–Trinajstić information content (AvgIpc) is 3.32. The smallest absolute Gasteiger partial charge is 0.293 e. The molecule has 3 heterocycles. The molecular formula is C23H21N3O5. The molecule has 0 bridgehead atoms. The van der Waals surface area contributed by atoms with E-state index in [1.165, 1.54) is 4.90 Å². The van der Waals surface area contributed by atoms with E-state index in [9.17, 15) is 24.3 Å². The first kappa shape index (κ1) is 19.4. The first-order chi connectivity index (χ1) is 14.9. The molecule has 4 atom stereocenters. The van der Waals surface area contributed by atoms with Gasteiger partial charge in [-0.15, -0.1) is 0 Å². The third-order valence-corrected chi connectivity index (χ3v) is 6.85. The minimum Gasteiger partial charge on any atom is -0.550 e. The number of nitrogens with zero attached hydrogens (tertiary/aromatic N) is 2. The number of para-hydroxylation sites is 2. The van der Waals surface area contributed by atoms with Crippen molar-refractivity contribution in [2.75, 3.05) is 16.8 Å². The summed E-state index contributed by atoms with van der Waals surface area (Å²) in [7, 11) is 1.66. The van der Waals surface area contributed by atoms with Crippen molar-refractivity contribution in [3.05, 3.63) is 60.2 Å². The molecule has 3 aliphatic rings. The lowest BCUT2D eigenvalue weighted by molar-refractivity contribution is -0.734. The molecule has 8 heteroatoms. The number of hydrogen-bond acceptors (Lipinski definition) is 5. The van der Waals surface area contributed by atoms with E-state index in [0.717, 1.165) is 4.90 Å². The van der Waals surface area contributed by atoms with Gasteiger partial charge in [-0.25, -0.2) is 4.90 Å². The quantitative estimate of drug-likeness (QED) is 0.648. The lowest BCUT2D eigenvalue weighted by Gasteiger charge is -2.27. The minimum atomic E-state index is -1.29. The van der Waals surface area contributed by atoms with Crippen LogP contribution in [0.2, 0.25) is 0 Å². The lowest BCUT2D eigenvalue weighted by atomic mass is 9.76. The standard InChI is InChI=1S/C23H21N3O5/c1-25-16-10-6-5-9-14(16)23(22(25)31)19-18(15(24-23)11-12-17(27)28)20(29)26(21(19)30)13-7-3-2-4-8-13/h2-10,15,18-19,24H,11-12H2,1H3,(H,27,28)/t15-,18+,19-,23+/m0/s1. The molecule has 2 N–H and O–H groups in total. The predicted molar refractivity (Wildman–Crippen MR) is 107 cm³/mol. The number of amides is 3.